The van der Waals surface area contributed by atoms with Crippen molar-refractivity contribution in [2.45, 2.75) is 20.4 Å². The summed E-state index contributed by atoms with van der Waals surface area (Å²) in [6.07, 6.45) is 1.87. The van der Waals surface area contributed by atoms with Crippen LogP contribution < -0.4 is 0 Å². The van der Waals surface area contributed by atoms with E-state index in [0.717, 1.165) is 22.3 Å². The Bertz CT molecular complexity index is 1040. The van der Waals surface area contributed by atoms with E-state index >= 15 is 0 Å². The molecule has 0 amide bonds. The summed E-state index contributed by atoms with van der Waals surface area (Å²) in [7, 11) is 0. The molecule has 2 heterocycles. The third kappa shape index (κ3) is 3.11. The topological polar surface area (TPSA) is 17.8 Å². The molecule has 132 valence electrons. The second kappa shape index (κ2) is 7.30. The van der Waals surface area contributed by atoms with Crippen LogP contribution in [0.2, 0.25) is 0 Å². The Labute approximate surface area is 158 Å². The molecule has 2 nitrogen and oxygen atoms in total. The van der Waals surface area contributed by atoms with Crippen molar-refractivity contribution in [1.29, 1.82) is 0 Å². The molecule has 0 spiro atoms. The first-order valence-corrected chi connectivity index (χ1v) is 8.39. The van der Waals surface area contributed by atoms with Gasteiger partial charge in [0.15, 0.2) is 0 Å². The molecule has 0 aliphatic carbocycles. The highest BCUT2D eigenvalue weighted by Crippen LogP contribution is 2.32. The molecule has 0 saturated heterocycles. The van der Waals surface area contributed by atoms with Gasteiger partial charge in [-0.3, -0.25) is 4.98 Å². The fourth-order valence-corrected chi connectivity index (χ4v) is 3.37. The highest BCUT2D eigenvalue weighted by atomic mass is 35.5. The summed E-state index contributed by atoms with van der Waals surface area (Å²) in [6, 6.07) is 19.0. The number of fused-ring (bicyclic) bond motifs is 1. The fraction of sp³-hybridized carbons (Fsp3) is 0.136. The number of nitrogens with zero attached hydrogens (tertiary/aromatic N) is 2. The number of halogens is 2. The van der Waals surface area contributed by atoms with Crippen molar-refractivity contribution in [2.75, 3.05) is 0 Å². The lowest BCUT2D eigenvalue weighted by atomic mass is 10.1. The smallest absolute Gasteiger partial charge is 0.123 e. The molecule has 0 bridgehead atoms. The summed E-state index contributed by atoms with van der Waals surface area (Å²) in [5.74, 6) is -0.208. The first-order chi connectivity index (χ1) is 12.1. The Morgan fingerprint density at radius 3 is 2.31 bits per heavy atom. The third-order valence-corrected chi connectivity index (χ3v) is 4.85. The van der Waals surface area contributed by atoms with Crippen LogP contribution in [0.3, 0.4) is 0 Å². The zero-order valence-electron chi connectivity index (χ0n) is 14.7. The number of hydrogen-bond acceptors (Lipinski definition) is 1. The van der Waals surface area contributed by atoms with Crippen molar-refractivity contribution in [2.24, 2.45) is 0 Å². The van der Waals surface area contributed by atoms with Gasteiger partial charge in [-0.05, 0) is 43.2 Å². The quantitative estimate of drug-likeness (QED) is 0.439. The number of aryl methyl sites for hydroxylation is 1. The maximum absolute atomic E-state index is 13.2. The van der Waals surface area contributed by atoms with Gasteiger partial charge in [0, 0.05) is 29.4 Å². The fourth-order valence-electron chi connectivity index (χ4n) is 3.37. The van der Waals surface area contributed by atoms with Gasteiger partial charge in [-0.1, -0.05) is 42.5 Å². The second-order valence-corrected chi connectivity index (χ2v) is 6.34. The van der Waals surface area contributed by atoms with Gasteiger partial charge >= 0.3 is 0 Å². The average molecular weight is 367 g/mol. The molecular weight excluding hydrogens is 347 g/mol. The van der Waals surface area contributed by atoms with Gasteiger partial charge in [-0.15, -0.1) is 12.4 Å². The van der Waals surface area contributed by atoms with Crippen LogP contribution >= 0.6 is 12.4 Å². The summed E-state index contributed by atoms with van der Waals surface area (Å²) in [6.45, 7) is 4.98. The van der Waals surface area contributed by atoms with E-state index in [4.69, 9.17) is 0 Å². The van der Waals surface area contributed by atoms with Crippen molar-refractivity contribution < 1.29 is 4.39 Å². The molecule has 0 fully saturated rings. The van der Waals surface area contributed by atoms with Gasteiger partial charge in [-0.25, -0.2) is 4.39 Å². The Morgan fingerprint density at radius 2 is 1.62 bits per heavy atom. The van der Waals surface area contributed by atoms with Crippen molar-refractivity contribution >= 4 is 23.3 Å². The lowest BCUT2D eigenvalue weighted by Gasteiger charge is -2.12. The zero-order valence-corrected chi connectivity index (χ0v) is 15.6. The number of rotatable bonds is 3. The van der Waals surface area contributed by atoms with Gasteiger partial charge in [0.2, 0.25) is 0 Å². The monoisotopic (exact) mass is 366 g/mol. The second-order valence-electron chi connectivity index (χ2n) is 6.34. The molecule has 0 saturated carbocycles. The van der Waals surface area contributed by atoms with Crippen LogP contribution in [0.15, 0.2) is 66.9 Å². The summed E-state index contributed by atoms with van der Waals surface area (Å²) in [4.78, 5) is 4.67. The van der Waals surface area contributed by atoms with E-state index in [9.17, 15) is 4.39 Å². The molecule has 0 aliphatic rings. The van der Waals surface area contributed by atoms with E-state index in [1.54, 1.807) is 0 Å². The maximum atomic E-state index is 13.2. The molecule has 0 aliphatic heterocycles. The van der Waals surface area contributed by atoms with Gasteiger partial charge < -0.3 is 4.57 Å². The van der Waals surface area contributed by atoms with E-state index < -0.39 is 0 Å². The van der Waals surface area contributed by atoms with Crippen molar-refractivity contribution in [1.82, 2.24) is 9.55 Å². The molecule has 26 heavy (non-hydrogen) atoms. The molecule has 4 heteroatoms. The summed E-state index contributed by atoms with van der Waals surface area (Å²) >= 11 is 0. The van der Waals surface area contributed by atoms with Crippen molar-refractivity contribution in [3.8, 4) is 11.3 Å². The van der Waals surface area contributed by atoms with Crippen LogP contribution in [-0.2, 0) is 6.54 Å². The minimum atomic E-state index is -0.208. The molecule has 4 aromatic rings. The number of pyridine rings is 1. The predicted molar refractivity (Wildman–Crippen MR) is 107 cm³/mol. The average Bonchev–Trinajstić information content (AvgIpc) is 2.89. The molecule has 4 rings (SSSR count). The standard InChI is InChI=1S/C22H19FN2.ClH/c1-15-16(2)25(14-17-8-10-19(23)11-9-17)22-20(15)12-13-24-21(22)18-6-4-3-5-7-18;/h3-13H,14H2,1-2H3;1H. The van der Waals surface area contributed by atoms with E-state index in [1.807, 2.05) is 36.5 Å². The van der Waals surface area contributed by atoms with Gasteiger partial charge in [0.1, 0.15) is 5.82 Å². The highest BCUT2D eigenvalue weighted by molar-refractivity contribution is 5.95. The SMILES string of the molecule is Cc1c(C)n(Cc2ccc(F)cc2)c2c(-c3ccccc3)nccc12.Cl. The van der Waals surface area contributed by atoms with Gasteiger partial charge in [-0.2, -0.15) is 0 Å². The van der Waals surface area contributed by atoms with Crippen molar-refractivity contribution in [3.05, 3.63) is 89.5 Å². The zero-order chi connectivity index (χ0) is 17.4. The molecule has 0 N–H and O–H groups in total. The van der Waals surface area contributed by atoms with Gasteiger partial charge in [0.25, 0.3) is 0 Å². The Balaban J connectivity index is 0.00000196. The molecule has 2 aromatic heterocycles. The van der Waals surface area contributed by atoms with Crippen LogP contribution in [0.1, 0.15) is 16.8 Å². The number of hydrogen-bond donors (Lipinski definition) is 0. The Hall–Kier alpha value is -2.65. The number of benzene rings is 2. The maximum Gasteiger partial charge on any atom is 0.123 e. The predicted octanol–water partition coefficient (Wildman–Crippen LogP) is 5.93. The largest absolute Gasteiger partial charge is 0.338 e. The van der Waals surface area contributed by atoms with Crippen molar-refractivity contribution in [3.63, 3.8) is 0 Å². The molecule has 0 radical (unpaired) electrons. The minimum absolute atomic E-state index is 0. The summed E-state index contributed by atoms with van der Waals surface area (Å²) < 4.78 is 15.5. The molecule has 0 atom stereocenters. The Morgan fingerprint density at radius 1 is 0.923 bits per heavy atom. The normalized spacial score (nSPS) is 10.7. The van der Waals surface area contributed by atoms with Crippen LogP contribution in [0.25, 0.3) is 22.2 Å². The minimum Gasteiger partial charge on any atom is -0.338 e. The van der Waals surface area contributed by atoms with Crippen LogP contribution in [0.4, 0.5) is 4.39 Å². The van der Waals surface area contributed by atoms with E-state index in [1.165, 1.54) is 28.8 Å². The third-order valence-electron chi connectivity index (χ3n) is 4.85. The van der Waals surface area contributed by atoms with Crippen LogP contribution in [0, 0.1) is 19.7 Å². The van der Waals surface area contributed by atoms with E-state index in [0.29, 0.717) is 6.54 Å². The highest BCUT2D eigenvalue weighted by Gasteiger charge is 2.16. The first-order valence-electron chi connectivity index (χ1n) is 8.39. The number of aromatic nitrogens is 2. The Kier molecular flexibility index (Phi) is 5.10. The van der Waals surface area contributed by atoms with Crippen LogP contribution in [0.5, 0.6) is 0 Å². The summed E-state index contributed by atoms with van der Waals surface area (Å²) in [5.41, 5.74) is 6.76. The van der Waals surface area contributed by atoms with Crippen LogP contribution in [-0.4, -0.2) is 9.55 Å². The first kappa shape index (κ1) is 18.2. The van der Waals surface area contributed by atoms with E-state index in [-0.39, 0.29) is 18.2 Å². The summed E-state index contributed by atoms with van der Waals surface area (Å²) in [5, 5.41) is 1.22. The lowest BCUT2D eigenvalue weighted by molar-refractivity contribution is 0.626. The molecular formula is C22H20ClFN2. The molecule has 2 aromatic carbocycles. The lowest BCUT2D eigenvalue weighted by Crippen LogP contribution is -2.03. The van der Waals surface area contributed by atoms with Gasteiger partial charge in [0.05, 0.1) is 11.2 Å². The molecule has 0 unspecified atom stereocenters. The van der Waals surface area contributed by atoms with E-state index in [2.05, 4.69) is 41.6 Å².